The predicted octanol–water partition coefficient (Wildman–Crippen LogP) is 2.53. The molecule has 1 aromatic carbocycles. The molecule has 5 nitrogen and oxygen atoms in total. The topological polar surface area (TPSA) is 94.3 Å². The molecule has 0 saturated heterocycles. The van der Waals surface area contributed by atoms with E-state index in [4.69, 9.17) is 27.5 Å². The minimum Gasteiger partial charge on any atom is -0.465 e. The van der Waals surface area contributed by atoms with Crippen molar-refractivity contribution in [3.63, 3.8) is 0 Å². The Hall–Kier alpha value is -2.14. The van der Waals surface area contributed by atoms with Crippen LogP contribution in [0.3, 0.4) is 0 Å². The number of carbonyl (C=O) groups is 1. The predicted molar refractivity (Wildman–Crippen MR) is 75.2 cm³/mol. The number of amides is 1. The lowest BCUT2D eigenvalue weighted by Gasteiger charge is -2.12. The smallest absolute Gasteiger partial charge is 0.250 e. The van der Waals surface area contributed by atoms with Gasteiger partial charge < -0.3 is 21.2 Å². The van der Waals surface area contributed by atoms with Gasteiger partial charge in [-0.2, -0.15) is 0 Å². The van der Waals surface area contributed by atoms with E-state index in [0.29, 0.717) is 22.9 Å². The highest BCUT2D eigenvalue weighted by atomic mass is 35.5. The number of hydrogen-bond donors (Lipinski definition) is 3. The third kappa shape index (κ3) is 3.00. The number of furan rings is 1. The van der Waals surface area contributed by atoms with E-state index in [9.17, 15) is 4.79 Å². The second-order valence-electron chi connectivity index (χ2n) is 4.16. The number of nitrogen functional groups attached to an aromatic ring is 1. The van der Waals surface area contributed by atoms with E-state index < -0.39 is 5.91 Å². The minimum atomic E-state index is -0.590. The van der Waals surface area contributed by atoms with E-state index in [1.54, 1.807) is 6.07 Å². The summed E-state index contributed by atoms with van der Waals surface area (Å²) in [6, 6.07) is 6.75. The van der Waals surface area contributed by atoms with Crippen LogP contribution < -0.4 is 16.8 Å². The Morgan fingerprint density at radius 3 is 2.74 bits per heavy atom. The molecule has 1 aromatic heterocycles. The summed E-state index contributed by atoms with van der Waals surface area (Å²) in [4.78, 5) is 11.4. The number of halogens is 1. The molecule has 2 aromatic rings. The van der Waals surface area contributed by atoms with Crippen molar-refractivity contribution >= 4 is 28.9 Å². The Bertz CT molecular complexity index is 622. The summed E-state index contributed by atoms with van der Waals surface area (Å²) in [6.07, 6.45) is 0. The third-order valence-electron chi connectivity index (χ3n) is 2.61. The van der Waals surface area contributed by atoms with Crippen LogP contribution in [0.1, 0.15) is 21.9 Å². The Balaban J connectivity index is 2.26. The van der Waals surface area contributed by atoms with Gasteiger partial charge in [-0.15, -0.1) is 0 Å². The van der Waals surface area contributed by atoms with Crippen molar-refractivity contribution < 1.29 is 9.21 Å². The van der Waals surface area contributed by atoms with Crippen LogP contribution in [0.5, 0.6) is 0 Å². The molecule has 19 heavy (non-hydrogen) atoms. The first-order chi connectivity index (χ1) is 8.97. The van der Waals surface area contributed by atoms with Gasteiger partial charge in [-0.3, -0.25) is 4.79 Å². The van der Waals surface area contributed by atoms with Crippen molar-refractivity contribution in [2.24, 2.45) is 5.73 Å². The third-order valence-corrected chi connectivity index (χ3v) is 2.91. The Kier molecular flexibility index (Phi) is 3.66. The maximum Gasteiger partial charge on any atom is 0.250 e. The standard InChI is InChI=1S/C13H14ClN3O2/c1-7-2-3-9(19-7)6-17-12-10(13(16)18)4-8(15)5-11(12)14/h2-5,17H,6,15H2,1H3,(H2,16,18). The van der Waals surface area contributed by atoms with Crippen LogP contribution in [0, 0.1) is 6.92 Å². The number of nitrogens with one attached hydrogen (secondary N) is 1. The fraction of sp³-hybridized carbons (Fsp3) is 0.154. The van der Waals surface area contributed by atoms with Gasteiger partial charge in [-0.1, -0.05) is 11.6 Å². The molecule has 0 saturated carbocycles. The molecule has 0 radical (unpaired) electrons. The van der Waals surface area contributed by atoms with Gasteiger partial charge >= 0.3 is 0 Å². The number of rotatable bonds is 4. The molecule has 1 amide bonds. The van der Waals surface area contributed by atoms with E-state index >= 15 is 0 Å². The molecule has 0 aliphatic heterocycles. The zero-order valence-electron chi connectivity index (χ0n) is 10.4. The van der Waals surface area contributed by atoms with Crippen LogP contribution in [-0.2, 0) is 6.54 Å². The molecule has 100 valence electrons. The van der Waals surface area contributed by atoms with Gasteiger partial charge in [0.25, 0.3) is 5.91 Å². The monoisotopic (exact) mass is 279 g/mol. The van der Waals surface area contributed by atoms with Crippen molar-refractivity contribution in [1.29, 1.82) is 0 Å². The van der Waals surface area contributed by atoms with Crippen LogP contribution in [0.25, 0.3) is 0 Å². The van der Waals surface area contributed by atoms with Crippen molar-refractivity contribution in [3.8, 4) is 0 Å². The van der Waals surface area contributed by atoms with Gasteiger partial charge in [-0.25, -0.2) is 0 Å². The highest BCUT2D eigenvalue weighted by Gasteiger charge is 2.13. The zero-order valence-corrected chi connectivity index (χ0v) is 11.1. The Morgan fingerprint density at radius 1 is 1.42 bits per heavy atom. The molecule has 5 N–H and O–H groups in total. The molecule has 2 rings (SSSR count). The lowest BCUT2D eigenvalue weighted by atomic mass is 10.1. The van der Waals surface area contributed by atoms with Crippen molar-refractivity contribution in [1.82, 2.24) is 0 Å². The van der Waals surface area contributed by atoms with Crippen LogP contribution in [0.15, 0.2) is 28.7 Å². The second kappa shape index (κ2) is 5.24. The van der Waals surface area contributed by atoms with Crippen molar-refractivity contribution in [2.75, 3.05) is 11.1 Å². The zero-order chi connectivity index (χ0) is 14.0. The van der Waals surface area contributed by atoms with Gasteiger partial charge in [0.15, 0.2) is 0 Å². The SMILES string of the molecule is Cc1ccc(CNc2c(Cl)cc(N)cc2C(N)=O)o1. The summed E-state index contributed by atoms with van der Waals surface area (Å²) in [5.41, 5.74) is 12.0. The number of anilines is 2. The number of hydrogen-bond acceptors (Lipinski definition) is 4. The van der Waals surface area contributed by atoms with E-state index in [0.717, 1.165) is 11.5 Å². The number of primary amides is 1. The molecule has 6 heteroatoms. The van der Waals surface area contributed by atoms with E-state index in [-0.39, 0.29) is 5.56 Å². The minimum absolute atomic E-state index is 0.258. The number of benzene rings is 1. The fourth-order valence-corrected chi connectivity index (χ4v) is 2.05. The molecule has 0 bridgehead atoms. The maximum atomic E-state index is 11.4. The van der Waals surface area contributed by atoms with Crippen LogP contribution in [0.4, 0.5) is 11.4 Å². The first-order valence-electron chi connectivity index (χ1n) is 5.65. The van der Waals surface area contributed by atoms with Gasteiger partial charge in [0.1, 0.15) is 11.5 Å². The van der Waals surface area contributed by atoms with Gasteiger partial charge in [0, 0.05) is 5.69 Å². The molecular weight excluding hydrogens is 266 g/mol. The molecule has 0 atom stereocenters. The molecule has 0 fully saturated rings. The number of nitrogens with two attached hydrogens (primary N) is 2. The first kappa shape index (κ1) is 13.3. The molecule has 0 aliphatic carbocycles. The van der Waals surface area contributed by atoms with Crippen molar-refractivity contribution in [2.45, 2.75) is 13.5 Å². The molecular formula is C13H14ClN3O2. The summed E-state index contributed by atoms with van der Waals surface area (Å²) < 4.78 is 5.42. The number of carbonyl (C=O) groups excluding carboxylic acids is 1. The van der Waals surface area contributed by atoms with Crippen LogP contribution >= 0.6 is 11.6 Å². The van der Waals surface area contributed by atoms with Gasteiger partial charge in [0.2, 0.25) is 0 Å². The molecule has 0 spiro atoms. The lowest BCUT2D eigenvalue weighted by Crippen LogP contribution is -2.15. The summed E-state index contributed by atoms with van der Waals surface area (Å²) in [6.45, 7) is 2.26. The number of aryl methyl sites for hydroxylation is 1. The molecule has 1 heterocycles. The fourth-order valence-electron chi connectivity index (χ4n) is 1.76. The van der Waals surface area contributed by atoms with Crippen LogP contribution in [-0.4, -0.2) is 5.91 Å². The van der Waals surface area contributed by atoms with Gasteiger partial charge in [-0.05, 0) is 31.2 Å². The summed E-state index contributed by atoms with van der Waals surface area (Å²) in [7, 11) is 0. The lowest BCUT2D eigenvalue weighted by molar-refractivity contribution is 0.100. The quantitative estimate of drug-likeness (QED) is 0.750. The van der Waals surface area contributed by atoms with Gasteiger partial charge in [0.05, 0.1) is 22.8 Å². The van der Waals surface area contributed by atoms with E-state index in [1.165, 1.54) is 6.07 Å². The summed E-state index contributed by atoms with van der Waals surface area (Å²) in [5, 5.41) is 3.38. The largest absolute Gasteiger partial charge is 0.465 e. The maximum absolute atomic E-state index is 11.4. The highest BCUT2D eigenvalue weighted by Crippen LogP contribution is 2.29. The molecule has 0 unspecified atom stereocenters. The summed E-state index contributed by atoms with van der Waals surface area (Å²) in [5.74, 6) is 0.962. The van der Waals surface area contributed by atoms with E-state index in [1.807, 2.05) is 19.1 Å². The summed E-state index contributed by atoms with van der Waals surface area (Å²) >= 11 is 6.07. The first-order valence-corrected chi connectivity index (χ1v) is 6.03. The normalized spacial score (nSPS) is 10.4. The Labute approximate surface area is 115 Å². The Morgan fingerprint density at radius 2 is 2.16 bits per heavy atom. The highest BCUT2D eigenvalue weighted by molar-refractivity contribution is 6.34. The second-order valence-corrected chi connectivity index (χ2v) is 4.56. The average molecular weight is 280 g/mol. The molecule has 0 aliphatic rings. The van der Waals surface area contributed by atoms with Crippen LogP contribution in [0.2, 0.25) is 5.02 Å². The van der Waals surface area contributed by atoms with Crippen molar-refractivity contribution in [3.05, 3.63) is 46.4 Å². The van der Waals surface area contributed by atoms with E-state index in [2.05, 4.69) is 5.32 Å². The average Bonchev–Trinajstić information content (AvgIpc) is 2.73.